The van der Waals surface area contributed by atoms with Gasteiger partial charge in [-0.05, 0) is 42.5 Å². The summed E-state index contributed by atoms with van der Waals surface area (Å²) in [4.78, 5) is 19.4. The largest absolute Gasteiger partial charge is 0.379 e. The molecule has 4 heterocycles. The summed E-state index contributed by atoms with van der Waals surface area (Å²) in [5.41, 5.74) is 2.45. The van der Waals surface area contributed by atoms with E-state index in [-0.39, 0.29) is 6.03 Å². The van der Waals surface area contributed by atoms with Gasteiger partial charge in [-0.1, -0.05) is 0 Å². The minimum Gasteiger partial charge on any atom is -0.379 e. The van der Waals surface area contributed by atoms with Gasteiger partial charge in [0.25, 0.3) is 0 Å². The molecule has 0 unspecified atom stereocenters. The van der Waals surface area contributed by atoms with Gasteiger partial charge in [0.05, 0.1) is 18.9 Å². The molecule has 0 spiro atoms. The van der Waals surface area contributed by atoms with Crippen molar-refractivity contribution in [3.05, 3.63) is 67.3 Å². The number of aromatic nitrogens is 4. The first kappa shape index (κ1) is 20.2. The molecule has 164 valence electrons. The number of nitrogens with one attached hydrogen (secondary N) is 2. The van der Waals surface area contributed by atoms with E-state index in [9.17, 15) is 4.79 Å². The fourth-order valence-electron chi connectivity index (χ4n) is 3.90. The van der Waals surface area contributed by atoms with Gasteiger partial charge in [0.2, 0.25) is 0 Å². The van der Waals surface area contributed by atoms with Crippen LogP contribution in [-0.4, -0.2) is 63.1 Å². The molecule has 2 amide bonds. The quantitative estimate of drug-likeness (QED) is 0.489. The molecule has 5 rings (SSSR count). The highest BCUT2D eigenvalue weighted by Gasteiger charge is 2.12. The highest BCUT2D eigenvalue weighted by Crippen LogP contribution is 2.22. The molecular weight excluding hydrogens is 406 g/mol. The number of anilines is 2. The van der Waals surface area contributed by atoms with Crippen molar-refractivity contribution in [1.82, 2.24) is 24.2 Å². The number of amides is 2. The number of carbonyl (C=O) groups is 1. The maximum atomic E-state index is 12.6. The molecular formula is C23H25N7O2. The third-order valence-electron chi connectivity index (χ3n) is 5.55. The maximum Gasteiger partial charge on any atom is 0.323 e. The number of nitrogens with zero attached hydrogens (tertiary/aromatic N) is 5. The predicted octanol–water partition coefficient (Wildman–Crippen LogP) is 3.20. The molecule has 0 bridgehead atoms. The summed E-state index contributed by atoms with van der Waals surface area (Å²) in [6.07, 6.45) is 7.21. The highest BCUT2D eigenvalue weighted by atomic mass is 16.5. The highest BCUT2D eigenvalue weighted by molar-refractivity contribution is 6.01. The Labute approximate surface area is 185 Å². The van der Waals surface area contributed by atoms with E-state index in [0.717, 1.165) is 56.0 Å². The van der Waals surface area contributed by atoms with Crippen LogP contribution < -0.4 is 10.6 Å². The molecule has 1 aromatic carbocycles. The molecule has 32 heavy (non-hydrogen) atoms. The molecule has 9 heteroatoms. The smallest absolute Gasteiger partial charge is 0.323 e. The van der Waals surface area contributed by atoms with E-state index in [2.05, 4.69) is 42.4 Å². The van der Waals surface area contributed by atoms with Crippen LogP contribution in [0.15, 0.2) is 67.3 Å². The number of benzene rings is 1. The van der Waals surface area contributed by atoms with Crippen molar-refractivity contribution >= 4 is 28.3 Å². The predicted molar refractivity (Wildman–Crippen MR) is 123 cm³/mol. The van der Waals surface area contributed by atoms with Gasteiger partial charge in [-0.3, -0.25) is 4.90 Å². The lowest BCUT2D eigenvalue weighted by atomic mass is 10.2. The van der Waals surface area contributed by atoms with Crippen molar-refractivity contribution < 1.29 is 9.53 Å². The average Bonchev–Trinajstić information content (AvgIpc) is 3.49. The lowest BCUT2D eigenvalue weighted by Crippen LogP contribution is -2.38. The monoisotopic (exact) mass is 431 g/mol. The lowest BCUT2D eigenvalue weighted by molar-refractivity contribution is 0.0365. The Balaban J connectivity index is 1.24. The van der Waals surface area contributed by atoms with Crippen LogP contribution in [0.1, 0.15) is 0 Å². The first-order valence-electron chi connectivity index (χ1n) is 10.7. The normalized spacial score (nSPS) is 14.5. The van der Waals surface area contributed by atoms with Gasteiger partial charge in [-0.25, -0.2) is 14.5 Å². The van der Waals surface area contributed by atoms with Crippen LogP contribution in [0.25, 0.3) is 16.7 Å². The second-order valence-corrected chi connectivity index (χ2v) is 7.64. The first-order valence-corrected chi connectivity index (χ1v) is 10.7. The van der Waals surface area contributed by atoms with Crippen LogP contribution >= 0.6 is 0 Å². The Hall–Kier alpha value is -3.69. The third kappa shape index (κ3) is 4.48. The Bertz CT molecular complexity index is 1200. The summed E-state index contributed by atoms with van der Waals surface area (Å²) in [7, 11) is 0. The first-order chi connectivity index (χ1) is 15.8. The molecule has 1 saturated heterocycles. The minimum absolute atomic E-state index is 0.336. The number of fused-ring (bicyclic) bond motifs is 1. The zero-order valence-corrected chi connectivity index (χ0v) is 17.6. The summed E-state index contributed by atoms with van der Waals surface area (Å²) in [5.74, 6) is 0.556. The van der Waals surface area contributed by atoms with E-state index in [1.807, 2.05) is 18.2 Å². The standard InChI is InChI=1S/C23H25N7O2/c31-23(27-20-3-1-7-24-22(20)30-9-2-8-25-30)26-19-4-5-21-18(17-19)6-10-29(21)12-11-28-13-15-32-16-14-28/h1-10,17H,11-16H2,(H2,26,27,31). The number of morpholine rings is 1. The molecule has 1 fully saturated rings. The minimum atomic E-state index is -0.336. The van der Waals surface area contributed by atoms with Gasteiger partial charge in [-0.2, -0.15) is 5.10 Å². The number of hydrogen-bond donors (Lipinski definition) is 2. The van der Waals surface area contributed by atoms with Gasteiger partial charge in [0, 0.05) is 67.6 Å². The van der Waals surface area contributed by atoms with Gasteiger partial charge in [0.1, 0.15) is 0 Å². The summed E-state index contributed by atoms with van der Waals surface area (Å²) < 4.78 is 9.28. The van der Waals surface area contributed by atoms with Crippen LogP contribution in [0.2, 0.25) is 0 Å². The van der Waals surface area contributed by atoms with E-state index >= 15 is 0 Å². The van der Waals surface area contributed by atoms with Crippen molar-refractivity contribution in [2.75, 3.05) is 43.5 Å². The zero-order valence-electron chi connectivity index (χ0n) is 17.6. The van der Waals surface area contributed by atoms with Gasteiger partial charge in [0.15, 0.2) is 5.82 Å². The Morgan fingerprint density at radius 3 is 2.75 bits per heavy atom. The Kier molecular flexibility index (Phi) is 5.82. The van der Waals surface area contributed by atoms with Crippen LogP contribution in [0.5, 0.6) is 0 Å². The topological polar surface area (TPSA) is 89.2 Å². The third-order valence-corrected chi connectivity index (χ3v) is 5.55. The number of urea groups is 1. The van der Waals surface area contributed by atoms with Crippen molar-refractivity contribution in [3.8, 4) is 5.82 Å². The average molecular weight is 432 g/mol. The summed E-state index contributed by atoms with van der Waals surface area (Å²) >= 11 is 0. The van der Waals surface area contributed by atoms with Crippen LogP contribution in [0, 0.1) is 0 Å². The van der Waals surface area contributed by atoms with Crippen molar-refractivity contribution in [2.45, 2.75) is 6.54 Å². The molecule has 0 radical (unpaired) electrons. The van der Waals surface area contributed by atoms with Crippen LogP contribution in [0.4, 0.5) is 16.2 Å². The lowest BCUT2D eigenvalue weighted by Gasteiger charge is -2.26. The van der Waals surface area contributed by atoms with Crippen molar-refractivity contribution in [3.63, 3.8) is 0 Å². The van der Waals surface area contributed by atoms with Crippen LogP contribution in [-0.2, 0) is 11.3 Å². The molecule has 9 nitrogen and oxygen atoms in total. The second-order valence-electron chi connectivity index (χ2n) is 7.64. The van der Waals surface area contributed by atoms with Crippen LogP contribution in [0.3, 0.4) is 0 Å². The second kappa shape index (κ2) is 9.21. The number of hydrogen-bond acceptors (Lipinski definition) is 5. The van der Waals surface area contributed by atoms with Crippen molar-refractivity contribution in [1.29, 1.82) is 0 Å². The molecule has 1 aliphatic rings. The number of rotatable bonds is 6. The van der Waals surface area contributed by atoms with E-state index < -0.39 is 0 Å². The summed E-state index contributed by atoms with van der Waals surface area (Å²) in [5, 5.41) is 11.0. The summed E-state index contributed by atoms with van der Waals surface area (Å²) in [6.45, 7) is 5.52. The van der Waals surface area contributed by atoms with E-state index in [0.29, 0.717) is 11.5 Å². The van der Waals surface area contributed by atoms with Crippen molar-refractivity contribution in [2.24, 2.45) is 0 Å². The van der Waals surface area contributed by atoms with E-state index in [1.165, 1.54) is 0 Å². The molecule has 4 aromatic rings. The Morgan fingerprint density at radius 2 is 1.91 bits per heavy atom. The molecule has 0 saturated carbocycles. The zero-order chi connectivity index (χ0) is 21.8. The molecule has 0 atom stereocenters. The fourth-order valence-corrected chi connectivity index (χ4v) is 3.90. The Morgan fingerprint density at radius 1 is 1.00 bits per heavy atom. The van der Waals surface area contributed by atoms with E-state index in [4.69, 9.17) is 4.74 Å². The van der Waals surface area contributed by atoms with Gasteiger partial charge < -0.3 is 19.9 Å². The van der Waals surface area contributed by atoms with E-state index in [1.54, 1.807) is 41.5 Å². The fraction of sp³-hybridized carbons (Fsp3) is 0.261. The maximum absolute atomic E-state index is 12.6. The van der Waals surface area contributed by atoms with Gasteiger partial charge in [-0.15, -0.1) is 0 Å². The molecule has 0 aliphatic carbocycles. The number of pyridine rings is 1. The number of ether oxygens (including phenoxy) is 1. The number of carbonyl (C=O) groups excluding carboxylic acids is 1. The molecule has 3 aromatic heterocycles. The molecule has 1 aliphatic heterocycles. The summed E-state index contributed by atoms with van der Waals surface area (Å²) in [6, 6.07) is 13.1. The molecule has 2 N–H and O–H groups in total. The van der Waals surface area contributed by atoms with Gasteiger partial charge >= 0.3 is 6.03 Å². The SMILES string of the molecule is O=C(Nc1ccc2c(ccn2CCN2CCOCC2)c1)Nc1cccnc1-n1cccn1.